The third-order valence-electron chi connectivity index (χ3n) is 5.98. The zero-order valence-electron chi connectivity index (χ0n) is 16.9. The molecule has 4 heterocycles. The highest BCUT2D eigenvalue weighted by atomic mass is 16.4. The second-order valence-electron chi connectivity index (χ2n) is 8.84. The average Bonchev–Trinajstić information content (AvgIpc) is 3.37. The number of H-pyrrole nitrogens is 1. The van der Waals surface area contributed by atoms with E-state index in [1.165, 1.54) is 12.3 Å². The Balaban J connectivity index is 1.88. The SMILES string of the molecule is CC(C)(C)[C@@H]1Cc2c(cc(-c3cn[nH]c3)c3occc23)-c2cc(=O)c(C(=O)O)cn21. The van der Waals surface area contributed by atoms with Gasteiger partial charge in [0.1, 0.15) is 11.1 Å². The van der Waals surface area contributed by atoms with Crippen molar-refractivity contribution in [2.45, 2.75) is 33.2 Å². The highest BCUT2D eigenvalue weighted by Crippen LogP contribution is 2.46. The lowest BCUT2D eigenvalue weighted by atomic mass is 9.77. The Morgan fingerprint density at radius 1 is 1.30 bits per heavy atom. The van der Waals surface area contributed by atoms with Gasteiger partial charge in [-0.1, -0.05) is 20.8 Å². The number of pyridine rings is 1. The van der Waals surface area contributed by atoms with Crippen LogP contribution in [0.25, 0.3) is 33.4 Å². The van der Waals surface area contributed by atoms with Crippen LogP contribution in [0.4, 0.5) is 0 Å². The minimum absolute atomic E-state index is 0.0171. The van der Waals surface area contributed by atoms with E-state index in [1.54, 1.807) is 18.7 Å². The van der Waals surface area contributed by atoms with E-state index in [-0.39, 0.29) is 17.0 Å². The van der Waals surface area contributed by atoms with Gasteiger partial charge in [-0.25, -0.2) is 4.79 Å². The zero-order chi connectivity index (χ0) is 21.2. The molecule has 1 atom stereocenters. The van der Waals surface area contributed by atoms with Crippen LogP contribution in [-0.2, 0) is 6.42 Å². The Morgan fingerprint density at radius 2 is 2.10 bits per heavy atom. The summed E-state index contributed by atoms with van der Waals surface area (Å²) in [4.78, 5) is 24.2. The van der Waals surface area contributed by atoms with Crippen LogP contribution < -0.4 is 5.43 Å². The molecule has 3 aromatic heterocycles. The van der Waals surface area contributed by atoms with Crippen molar-refractivity contribution in [1.29, 1.82) is 0 Å². The minimum atomic E-state index is -1.21. The highest BCUT2D eigenvalue weighted by Gasteiger charge is 2.35. The van der Waals surface area contributed by atoms with Gasteiger partial charge in [-0.05, 0) is 29.5 Å². The summed E-state index contributed by atoms with van der Waals surface area (Å²) in [6.45, 7) is 6.37. The molecule has 0 bridgehead atoms. The fourth-order valence-corrected chi connectivity index (χ4v) is 4.46. The first-order valence-corrected chi connectivity index (χ1v) is 9.78. The lowest BCUT2D eigenvalue weighted by molar-refractivity contribution is 0.0693. The number of furan rings is 1. The first kappa shape index (κ1) is 18.4. The summed E-state index contributed by atoms with van der Waals surface area (Å²) < 4.78 is 7.79. The van der Waals surface area contributed by atoms with Gasteiger partial charge in [0.2, 0.25) is 0 Å². The van der Waals surface area contributed by atoms with E-state index in [2.05, 4.69) is 31.0 Å². The highest BCUT2D eigenvalue weighted by molar-refractivity contribution is 5.99. The minimum Gasteiger partial charge on any atom is -0.477 e. The maximum Gasteiger partial charge on any atom is 0.341 e. The Bertz CT molecular complexity index is 1350. The number of carboxylic acids is 1. The van der Waals surface area contributed by atoms with Crippen LogP contribution in [-0.4, -0.2) is 25.8 Å². The number of carbonyl (C=O) groups is 1. The smallest absolute Gasteiger partial charge is 0.341 e. The van der Waals surface area contributed by atoms with Crippen LogP contribution in [0.15, 0.2) is 52.3 Å². The molecular formula is C23H21N3O4. The number of nitrogens with one attached hydrogen (secondary N) is 1. The number of aromatic nitrogens is 3. The predicted molar refractivity (Wildman–Crippen MR) is 113 cm³/mol. The second-order valence-corrected chi connectivity index (χ2v) is 8.84. The largest absolute Gasteiger partial charge is 0.477 e. The fourth-order valence-electron chi connectivity index (χ4n) is 4.46. The number of hydrogen-bond acceptors (Lipinski definition) is 4. The van der Waals surface area contributed by atoms with Crippen molar-refractivity contribution in [3.63, 3.8) is 0 Å². The Kier molecular flexibility index (Phi) is 3.80. The molecule has 0 saturated carbocycles. The third kappa shape index (κ3) is 2.62. The molecule has 0 unspecified atom stereocenters. The summed E-state index contributed by atoms with van der Waals surface area (Å²) in [5, 5.41) is 17.4. The third-order valence-corrected chi connectivity index (χ3v) is 5.98. The Morgan fingerprint density at radius 3 is 2.77 bits per heavy atom. The first-order valence-electron chi connectivity index (χ1n) is 9.78. The van der Waals surface area contributed by atoms with Gasteiger partial charge in [0.25, 0.3) is 0 Å². The van der Waals surface area contributed by atoms with Crippen molar-refractivity contribution in [1.82, 2.24) is 14.8 Å². The number of rotatable bonds is 2. The van der Waals surface area contributed by atoms with Crippen molar-refractivity contribution < 1.29 is 14.3 Å². The molecule has 7 nitrogen and oxygen atoms in total. The molecule has 0 aliphatic carbocycles. The second kappa shape index (κ2) is 6.19. The van der Waals surface area contributed by atoms with Crippen LogP contribution in [0, 0.1) is 5.41 Å². The van der Waals surface area contributed by atoms with Crippen LogP contribution in [0.1, 0.15) is 42.7 Å². The van der Waals surface area contributed by atoms with Crippen LogP contribution >= 0.6 is 0 Å². The molecule has 152 valence electrons. The maximum absolute atomic E-state index is 12.6. The molecule has 5 rings (SSSR count). The molecule has 0 fully saturated rings. The van der Waals surface area contributed by atoms with Gasteiger partial charge in [0.15, 0.2) is 5.43 Å². The lowest BCUT2D eigenvalue weighted by Crippen LogP contribution is -2.32. The molecule has 1 aliphatic heterocycles. The van der Waals surface area contributed by atoms with Crippen LogP contribution in [0.3, 0.4) is 0 Å². The van der Waals surface area contributed by atoms with Crippen molar-refractivity contribution >= 4 is 16.9 Å². The molecule has 0 amide bonds. The van der Waals surface area contributed by atoms with Crippen molar-refractivity contribution in [3.8, 4) is 22.4 Å². The standard InChI is InChI=1S/C23H21N3O4/c1-23(2,3)20-7-15-13-4-5-30-21(13)14(12-9-24-25-10-12)6-16(15)18-8-19(27)17(22(28)29)11-26(18)20/h4-6,8-11,20H,7H2,1-3H3,(H,24,25)(H,28,29)/t20-/m0/s1. The van der Waals surface area contributed by atoms with Gasteiger partial charge in [-0.3, -0.25) is 9.89 Å². The van der Waals surface area contributed by atoms with E-state index >= 15 is 0 Å². The van der Waals surface area contributed by atoms with Gasteiger partial charge in [-0.15, -0.1) is 0 Å². The van der Waals surface area contributed by atoms with E-state index in [0.717, 1.165) is 38.9 Å². The molecule has 7 heteroatoms. The number of hydrogen-bond donors (Lipinski definition) is 2. The number of aromatic carboxylic acids is 1. The summed E-state index contributed by atoms with van der Waals surface area (Å²) in [7, 11) is 0. The lowest BCUT2D eigenvalue weighted by Gasteiger charge is -2.39. The van der Waals surface area contributed by atoms with Crippen LogP contribution in [0.2, 0.25) is 0 Å². The van der Waals surface area contributed by atoms with Gasteiger partial charge in [-0.2, -0.15) is 5.10 Å². The van der Waals surface area contributed by atoms with Gasteiger partial charge in [0.05, 0.1) is 18.2 Å². The monoisotopic (exact) mass is 403 g/mol. The summed E-state index contributed by atoms with van der Waals surface area (Å²) >= 11 is 0. The predicted octanol–water partition coefficient (Wildman–Crippen LogP) is 4.49. The van der Waals surface area contributed by atoms with E-state index in [1.807, 2.05) is 16.7 Å². The van der Waals surface area contributed by atoms with Crippen molar-refractivity contribution in [3.05, 3.63) is 64.4 Å². The average molecular weight is 403 g/mol. The quantitative estimate of drug-likeness (QED) is 0.513. The summed E-state index contributed by atoms with van der Waals surface area (Å²) in [6, 6.07) is 5.40. The molecule has 1 aromatic carbocycles. The number of aromatic amines is 1. The Labute approximate surface area is 172 Å². The molecular weight excluding hydrogens is 382 g/mol. The van der Waals surface area contributed by atoms with Crippen molar-refractivity contribution in [2.24, 2.45) is 5.41 Å². The summed E-state index contributed by atoms with van der Waals surface area (Å²) in [5.41, 5.74) is 4.41. The normalized spacial score (nSPS) is 15.8. The molecule has 0 spiro atoms. The van der Waals surface area contributed by atoms with Gasteiger partial charge < -0.3 is 14.1 Å². The maximum atomic E-state index is 12.6. The summed E-state index contributed by atoms with van der Waals surface area (Å²) in [5.74, 6) is -1.21. The molecule has 0 saturated heterocycles. The fraction of sp³-hybridized carbons (Fsp3) is 0.261. The molecule has 2 N–H and O–H groups in total. The van der Waals surface area contributed by atoms with Crippen molar-refractivity contribution in [2.75, 3.05) is 0 Å². The van der Waals surface area contributed by atoms with E-state index in [9.17, 15) is 14.7 Å². The number of fused-ring (bicyclic) bond motifs is 5. The first-order chi connectivity index (χ1) is 14.3. The molecule has 30 heavy (non-hydrogen) atoms. The topological polar surface area (TPSA) is 101 Å². The Hall–Kier alpha value is -3.61. The molecule has 4 aromatic rings. The molecule has 1 aliphatic rings. The zero-order valence-corrected chi connectivity index (χ0v) is 16.9. The number of nitrogens with zero attached hydrogens (tertiary/aromatic N) is 2. The number of carboxylic acid groups (broad SMARTS) is 1. The summed E-state index contributed by atoms with van der Waals surface area (Å²) in [6.07, 6.45) is 7.40. The van der Waals surface area contributed by atoms with E-state index in [4.69, 9.17) is 4.42 Å². The van der Waals surface area contributed by atoms with Crippen LogP contribution in [0.5, 0.6) is 0 Å². The van der Waals surface area contributed by atoms with Gasteiger partial charge in [0, 0.05) is 46.6 Å². The van der Waals surface area contributed by atoms with E-state index in [0.29, 0.717) is 6.42 Å². The van der Waals surface area contributed by atoms with E-state index < -0.39 is 11.4 Å². The van der Waals surface area contributed by atoms with Gasteiger partial charge >= 0.3 is 5.97 Å². The molecule has 0 radical (unpaired) electrons. The number of benzene rings is 1.